The van der Waals surface area contributed by atoms with E-state index in [4.69, 9.17) is 9.72 Å². The van der Waals surface area contributed by atoms with Gasteiger partial charge in [-0.15, -0.1) is 11.8 Å². The number of ether oxygens (including phenoxy) is 1. The van der Waals surface area contributed by atoms with Gasteiger partial charge in [-0.3, -0.25) is 14.9 Å². The molecule has 0 aliphatic carbocycles. The van der Waals surface area contributed by atoms with Crippen LogP contribution in [0, 0.1) is 5.92 Å². The highest BCUT2D eigenvalue weighted by atomic mass is 32.2. The molecule has 3 aromatic carbocycles. The van der Waals surface area contributed by atoms with E-state index in [2.05, 4.69) is 82.7 Å². The minimum Gasteiger partial charge on any atom is -0.480 e. The molecule has 4 aromatic rings. The predicted octanol–water partition coefficient (Wildman–Crippen LogP) is 6.35. The van der Waals surface area contributed by atoms with Crippen molar-refractivity contribution < 1.29 is 19.4 Å². The summed E-state index contributed by atoms with van der Waals surface area (Å²) in [5.41, 5.74) is 3.77. The molecule has 8 heteroatoms. The fourth-order valence-electron chi connectivity index (χ4n) is 6.57. The quantitative estimate of drug-likeness (QED) is 0.186. The highest BCUT2D eigenvalue weighted by Crippen LogP contribution is 2.48. The van der Waals surface area contributed by atoms with Crippen LogP contribution in [0.1, 0.15) is 72.8 Å². The van der Waals surface area contributed by atoms with Crippen LogP contribution >= 0.6 is 11.8 Å². The van der Waals surface area contributed by atoms with E-state index >= 15 is 0 Å². The third-order valence-electron chi connectivity index (χ3n) is 8.51. The number of esters is 1. The number of aromatic nitrogens is 2. The molecule has 228 valence electrons. The number of hydrogen-bond acceptors (Lipinski definition) is 6. The fraction of sp³-hybridized carbons (Fsp3) is 0.361. The van der Waals surface area contributed by atoms with Gasteiger partial charge in [0.05, 0.1) is 22.6 Å². The van der Waals surface area contributed by atoms with Crippen molar-refractivity contribution in [3.05, 3.63) is 125 Å². The lowest BCUT2D eigenvalue weighted by atomic mass is 9.76. The van der Waals surface area contributed by atoms with Crippen LogP contribution in [0.15, 0.2) is 91.0 Å². The SMILES string of the molecule is CC(C)(C)OC(=O)C1CCC(c2nc3c(n2C(c2ccccc2)(c2ccccc2)c2ccccc2)CN[C@H](C(=O)O)C3)SC1. The van der Waals surface area contributed by atoms with Crippen LogP contribution in [0.2, 0.25) is 0 Å². The number of thioether (sulfide) groups is 1. The zero-order chi connectivity index (χ0) is 30.9. The lowest BCUT2D eigenvalue weighted by molar-refractivity contribution is -0.159. The molecule has 0 spiro atoms. The number of aliphatic carboxylic acids is 1. The molecule has 0 amide bonds. The first-order chi connectivity index (χ1) is 21.2. The van der Waals surface area contributed by atoms with Crippen molar-refractivity contribution in [1.82, 2.24) is 14.9 Å². The normalized spacial score (nSPS) is 20.5. The van der Waals surface area contributed by atoms with Gasteiger partial charge in [0, 0.05) is 18.7 Å². The number of nitrogens with zero attached hydrogens (tertiary/aromatic N) is 2. The van der Waals surface area contributed by atoms with Crippen molar-refractivity contribution in [1.29, 1.82) is 0 Å². The van der Waals surface area contributed by atoms with Crippen molar-refractivity contribution in [2.45, 2.75) is 69.0 Å². The number of fused-ring (bicyclic) bond motifs is 1. The number of hydrogen-bond donors (Lipinski definition) is 2. The van der Waals surface area contributed by atoms with Gasteiger partial charge in [-0.2, -0.15) is 0 Å². The first kappa shape index (κ1) is 30.2. The lowest BCUT2D eigenvalue weighted by Gasteiger charge is -2.41. The van der Waals surface area contributed by atoms with E-state index in [9.17, 15) is 14.7 Å². The molecule has 1 saturated heterocycles. The largest absolute Gasteiger partial charge is 0.480 e. The van der Waals surface area contributed by atoms with E-state index in [1.54, 1.807) is 11.8 Å². The van der Waals surface area contributed by atoms with E-state index < -0.39 is 23.2 Å². The molecule has 0 saturated carbocycles. The van der Waals surface area contributed by atoms with Gasteiger partial charge in [0.25, 0.3) is 0 Å². The average Bonchev–Trinajstić information content (AvgIpc) is 3.41. The maximum Gasteiger partial charge on any atom is 0.321 e. The van der Waals surface area contributed by atoms with E-state index in [0.717, 1.165) is 40.3 Å². The van der Waals surface area contributed by atoms with Crippen molar-refractivity contribution in [3.63, 3.8) is 0 Å². The number of benzene rings is 3. The van der Waals surface area contributed by atoms with Gasteiger partial charge in [0.2, 0.25) is 0 Å². The van der Waals surface area contributed by atoms with Crippen molar-refractivity contribution in [2.24, 2.45) is 5.92 Å². The van der Waals surface area contributed by atoms with Crippen LogP contribution in [0.3, 0.4) is 0 Å². The molecule has 1 fully saturated rings. The molecule has 3 atom stereocenters. The van der Waals surface area contributed by atoms with E-state index in [-0.39, 0.29) is 17.1 Å². The standard InChI is InChI=1S/C36H39N3O4S/c1-35(2,3)43-34(42)24-19-20-31(44-23-24)32-38-28-21-29(33(40)41)37-22-30(28)39(32)36(25-13-7-4-8-14-25,26-15-9-5-10-16-26)27-17-11-6-12-18-27/h4-18,24,29,31,37H,19-23H2,1-3H3,(H,40,41)/t24?,29-,31?/m0/s1. The Morgan fingerprint density at radius 1 is 0.886 bits per heavy atom. The van der Waals surface area contributed by atoms with Gasteiger partial charge in [0.1, 0.15) is 23.0 Å². The number of rotatable bonds is 7. The summed E-state index contributed by atoms with van der Waals surface area (Å²) in [6, 6.07) is 30.8. The summed E-state index contributed by atoms with van der Waals surface area (Å²) in [4.78, 5) is 30.4. The molecule has 0 bridgehead atoms. The van der Waals surface area contributed by atoms with Crippen molar-refractivity contribution in [2.75, 3.05) is 5.75 Å². The average molecular weight is 610 g/mol. The second-order valence-corrected chi connectivity index (χ2v) is 13.8. The molecule has 2 unspecified atom stereocenters. The summed E-state index contributed by atoms with van der Waals surface area (Å²) in [7, 11) is 0. The minimum atomic E-state index is -0.876. The van der Waals surface area contributed by atoms with E-state index in [1.807, 2.05) is 39.0 Å². The summed E-state index contributed by atoms with van der Waals surface area (Å²) in [5.74, 6) is 0.356. The Hall–Kier alpha value is -3.88. The summed E-state index contributed by atoms with van der Waals surface area (Å²) < 4.78 is 8.12. The van der Waals surface area contributed by atoms with Gasteiger partial charge in [-0.05, 0) is 50.3 Å². The van der Waals surface area contributed by atoms with Gasteiger partial charge in [0.15, 0.2) is 0 Å². The number of carbonyl (C=O) groups is 2. The first-order valence-corrected chi connectivity index (χ1v) is 16.3. The molecule has 2 aliphatic rings. The summed E-state index contributed by atoms with van der Waals surface area (Å²) in [5, 5.41) is 13.2. The van der Waals surface area contributed by atoms with Crippen LogP contribution < -0.4 is 5.32 Å². The van der Waals surface area contributed by atoms with E-state index in [1.165, 1.54) is 0 Å². The van der Waals surface area contributed by atoms with Gasteiger partial charge in [-0.1, -0.05) is 91.0 Å². The molecule has 2 aliphatic heterocycles. The second-order valence-electron chi connectivity index (χ2n) is 12.6. The Morgan fingerprint density at radius 2 is 1.43 bits per heavy atom. The Morgan fingerprint density at radius 3 is 1.89 bits per heavy atom. The fourth-order valence-corrected chi connectivity index (χ4v) is 7.94. The molecule has 44 heavy (non-hydrogen) atoms. The van der Waals surface area contributed by atoms with Crippen LogP contribution in [0.5, 0.6) is 0 Å². The maximum absolute atomic E-state index is 13.0. The Labute approximate surface area is 263 Å². The molecule has 2 N–H and O–H groups in total. The van der Waals surface area contributed by atoms with Gasteiger partial charge in [-0.25, -0.2) is 4.98 Å². The van der Waals surface area contributed by atoms with Crippen molar-refractivity contribution in [3.8, 4) is 0 Å². The van der Waals surface area contributed by atoms with Crippen LogP contribution in [0.25, 0.3) is 0 Å². The van der Waals surface area contributed by atoms with E-state index in [0.29, 0.717) is 25.1 Å². The summed E-state index contributed by atoms with van der Waals surface area (Å²) >= 11 is 1.74. The Bertz CT molecular complexity index is 1510. The molecular formula is C36H39N3O4S. The smallest absolute Gasteiger partial charge is 0.321 e. The van der Waals surface area contributed by atoms with Gasteiger partial charge >= 0.3 is 11.9 Å². The number of nitrogens with one attached hydrogen (secondary N) is 1. The third kappa shape index (κ3) is 5.69. The van der Waals surface area contributed by atoms with Crippen LogP contribution in [0.4, 0.5) is 0 Å². The van der Waals surface area contributed by atoms with Gasteiger partial charge < -0.3 is 14.4 Å². The number of imidazole rings is 1. The Kier molecular flexibility index (Phi) is 8.40. The predicted molar refractivity (Wildman–Crippen MR) is 173 cm³/mol. The second kappa shape index (κ2) is 12.3. The monoisotopic (exact) mass is 609 g/mol. The minimum absolute atomic E-state index is 0.0121. The Balaban J connectivity index is 1.55. The lowest BCUT2D eigenvalue weighted by Crippen LogP contribution is -2.45. The molecular weight excluding hydrogens is 570 g/mol. The number of carbonyl (C=O) groups excluding carboxylic acids is 1. The maximum atomic E-state index is 13.0. The first-order valence-electron chi connectivity index (χ1n) is 15.3. The number of carboxylic acids is 1. The summed E-state index contributed by atoms with van der Waals surface area (Å²) in [6.07, 6.45) is 1.76. The molecule has 3 heterocycles. The highest BCUT2D eigenvalue weighted by molar-refractivity contribution is 7.99. The highest BCUT2D eigenvalue weighted by Gasteiger charge is 2.45. The molecule has 6 rings (SSSR count). The number of carboxylic acid groups (broad SMARTS) is 1. The zero-order valence-electron chi connectivity index (χ0n) is 25.4. The summed E-state index contributed by atoms with van der Waals surface area (Å²) in [6.45, 7) is 6.09. The zero-order valence-corrected chi connectivity index (χ0v) is 26.2. The third-order valence-corrected chi connectivity index (χ3v) is 9.95. The van der Waals surface area contributed by atoms with Crippen LogP contribution in [-0.2, 0) is 32.8 Å². The molecule has 1 aromatic heterocycles. The molecule has 7 nitrogen and oxygen atoms in total. The van der Waals surface area contributed by atoms with Crippen LogP contribution in [-0.4, -0.2) is 44.0 Å². The van der Waals surface area contributed by atoms with Crippen molar-refractivity contribution >= 4 is 23.7 Å². The topological polar surface area (TPSA) is 93.5 Å². The molecule has 0 radical (unpaired) electrons.